The molecule has 3 aromatic rings. The highest BCUT2D eigenvalue weighted by Gasteiger charge is 2.34. The van der Waals surface area contributed by atoms with Crippen molar-refractivity contribution >= 4 is 10.9 Å². The van der Waals surface area contributed by atoms with Crippen LogP contribution in [-0.2, 0) is 4.74 Å². The number of nitrogens with zero attached hydrogens (tertiary/aromatic N) is 5. The average molecular weight is 424 g/mol. The van der Waals surface area contributed by atoms with Crippen LogP contribution in [0.3, 0.4) is 0 Å². The number of aromatic amines is 1. The Morgan fingerprint density at radius 2 is 1.84 bits per heavy atom. The number of H-pyrrole nitrogens is 1. The van der Waals surface area contributed by atoms with Crippen molar-refractivity contribution in [3.05, 3.63) is 39.9 Å². The van der Waals surface area contributed by atoms with Crippen LogP contribution in [0.2, 0.25) is 0 Å². The Bertz CT molecular complexity index is 1160. The molecule has 6 rings (SSSR count). The van der Waals surface area contributed by atoms with E-state index in [1.165, 1.54) is 12.8 Å². The number of rotatable bonds is 4. The first-order valence-corrected chi connectivity index (χ1v) is 10.8. The summed E-state index contributed by atoms with van der Waals surface area (Å²) in [4.78, 5) is 18.6. The summed E-state index contributed by atoms with van der Waals surface area (Å²) in [6.07, 6.45) is 4.47. The van der Waals surface area contributed by atoms with Crippen LogP contribution in [-0.4, -0.2) is 63.2 Å². The highest BCUT2D eigenvalue weighted by Crippen LogP contribution is 2.37. The highest BCUT2D eigenvalue weighted by molar-refractivity contribution is 5.83. The van der Waals surface area contributed by atoms with Gasteiger partial charge in [-0.15, -0.1) is 5.10 Å². The first kappa shape index (κ1) is 18.8. The van der Waals surface area contributed by atoms with Gasteiger partial charge in [-0.1, -0.05) is 12.8 Å². The summed E-state index contributed by atoms with van der Waals surface area (Å²) >= 11 is 0. The van der Waals surface area contributed by atoms with E-state index in [1.54, 1.807) is 0 Å². The number of tetrazole rings is 1. The van der Waals surface area contributed by atoms with Crippen molar-refractivity contribution in [1.82, 2.24) is 30.1 Å². The minimum absolute atomic E-state index is 0.149. The molecule has 1 saturated carbocycles. The third-order valence-electron chi connectivity index (χ3n) is 6.50. The van der Waals surface area contributed by atoms with E-state index in [9.17, 15) is 4.79 Å². The normalized spacial score (nSPS) is 20.5. The topological polar surface area (TPSA) is 107 Å². The van der Waals surface area contributed by atoms with Crippen molar-refractivity contribution in [2.24, 2.45) is 0 Å². The Balaban J connectivity index is 1.49. The first-order valence-electron chi connectivity index (χ1n) is 10.8. The van der Waals surface area contributed by atoms with E-state index in [-0.39, 0.29) is 24.4 Å². The number of aromatic nitrogens is 5. The molecule has 2 aromatic heterocycles. The predicted octanol–water partition coefficient (Wildman–Crippen LogP) is 1.78. The highest BCUT2D eigenvalue weighted by atomic mass is 16.7. The van der Waals surface area contributed by atoms with Gasteiger partial charge in [0.2, 0.25) is 6.79 Å². The Kier molecular flexibility index (Phi) is 4.61. The molecule has 162 valence electrons. The van der Waals surface area contributed by atoms with Crippen molar-refractivity contribution < 1.29 is 14.2 Å². The number of pyridine rings is 1. The largest absolute Gasteiger partial charge is 0.454 e. The molecule has 2 fully saturated rings. The van der Waals surface area contributed by atoms with E-state index in [1.807, 2.05) is 22.9 Å². The van der Waals surface area contributed by atoms with Crippen LogP contribution in [0.25, 0.3) is 10.9 Å². The van der Waals surface area contributed by atoms with Gasteiger partial charge in [0.1, 0.15) is 6.04 Å². The van der Waals surface area contributed by atoms with Gasteiger partial charge in [0.05, 0.1) is 24.8 Å². The lowest BCUT2D eigenvalue weighted by molar-refractivity contribution is 0.0211. The van der Waals surface area contributed by atoms with Gasteiger partial charge in [0.15, 0.2) is 17.3 Å². The maximum absolute atomic E-state index is 13.3. The standard InChI is InChI=1S/C21H24N6O4/c28-21-15(9-13-10-17-18(31-12-30-17)11-16(13)22-21)19(26-5-7-29-8-6-26)20-23-24-25-27(20)14-3-1-2-4-14/h9-11,14,19H,1-8,12H2,(H,22,28)/t19-/m0/s1. The van der Waals surface area contributed by atoms with Crippen LogP contribution in [0.1, 0.15) is 49.2 Å². The second-order valence-corrected chi connectivity index (χ2v) is 8.32. The maximum atomic E-state index is 13.3. The summed E-state index contributed by atoms with van der Waals surface area (Å²) in [7, 11) is 0. The lowest BCUT2D eigenvalue weighted by Gasteiger charge is -2.34. The molecule has 10 heteroatoms. The minimum atomic E-state index is -0.349. The zero-order valence-electron chi connectivity index (χ0n) is 17.1. The van der Waals surface area contributed by atoms with Crippen molar-refractivity contribution in [2.45, 2.75) is 37.8 Å². The fraction of sp³-hybridized carbons (Fsp3) is 0.524. The quantitative estimate of drug-likeness (QED) is 0.675. The van der Waals surface area contributed by atoms with Gasteiger partial charge in [0, 0.05) is 30.1 Å². The number of morpholine rings is 1. The second-order valence-electron chi connectivity index (χ2n) is 8.32. The molecule has 0 radical (unpaired) electrons. The molecule has 0 unspecified atom stereocenters. The SMILES string of the molecule is O=c1[nH]c2cc3c(cc2cc1[C@@H](c1nnnn1C1CCCC1)N1CCOCC1)OCO3. The number of benzene rings is 1. The number of nitrogens with one attached hydrogen (secondary N) is 1. The Morgan fingerprint density at radius 3 is 2.65 bits per heavy atom. The van der Waals surface area contributed by atoms with Gasteiger partial charge in [-0.3, -0.25) is 9.69 Å². The molecule has 1 aliphatic carbocycles. The monoisotopic (exact) mass is 424 g/mol. The van der Waals surface area contributed by atoms with Crippen LogP contribution in [0.5, 0.6) is 11.5 Å². The second kappa shape index (κ2) is 7.61. The molecule has 2 aliphatic heterocycles. The van der Waals surface area contributed by atoms with E-state index in [0.717, 1.165) is 24.1 Å². The number of ether oxygens (including phenoxy) is 3. The number of hydrogen-bond acceptors (Lipinski definition) is 8. The summed E-state index contributed by atoms with van der Waals surface area (Å²) in [6, 6.07) is 5.59. The molecule has 0 bridgehead atoms. The summed E-state index contributed by atoms with van der Waals surface area (Å²) < 4.78 is 18.5. The van der Waals surface area contributed by atoms with E-state index in [0.29, 0.717) is 48.9 Å². The van der Waals surface area contributed by atoms with E-state index < -0.39 is 0 Å². The molecule has 1 saturated heterocycles. The van der Waals surface area contributed by atoms with Gasteiger partial charge in [-0.05, 0) is 35.4 Å². The Morgan fingerprint density at radius 1 is 1.06 bits per heavy atom. The van der Waals surface area contributed by atoms with Gasteiger partial charge in [0.25, 0.3) is 5.56 Å². The molecule has 0 amide bonds. The summed E-state index contributed by atoms with van der Waals surface area (Å²) in [5.41, 5.74) is 1.19. The first-order chi connectivity index (χ1) is 15.3. The van der Waals surface area contributed by atoms with Crippen molar-refractivity contribution in [3.63, 3.8) is 0 Å². The predicted molar refractivity (Wildman–Crippen MR) is 110 cm³/mol. The molecule has 4 heterocycles. The number of hydrogen-bond donors (Lipinski definition) is 1. The average Bonchev–Trinajstić information content (AvgIpc) is 3.55. The molecular weight excluding hydrogens is 400 g/mol. The van der Waals surface area contributed by atoms with Crippen LogP contribution in [0, 0.1) is 0 Å². The molecule has 1 aromatic carbocycles. The van der Waals surface area contributed by atoms with Crippen LogP contribution < -0.4 is 15.0 Å². The van der Waals surface area contributed by atoms with Crippen molar-refractivity contribution in [3.8, 4) is 11.5 Å². The van der Waals surface area contributed by atoms with Crippen LogP contribution >= 0.6 is 0 Å². The van der Waals surface area contributed by atoms with Gasteiger partial charge in [-0.2, -0.15) is 0 Å². The van der Waals surface area contributed by atoms with E-state index in [4.69, 9.17) is 14.2 Å². The van der Waals surface area contributed by atoms with Gasteiger partial charge in [-0.25, -0.2) is 4.68 Å². The summed E-state index contributed by atoms with van der Waals surface area (Å²) in [5, 5.41) is 13.6. The Hall–Kier alpha value is -2.98. The van der Waals surface area contributed by atoms with Crippen molar-refractivity contribution in [2.75, 3.05) is 33.1 Å². The van der Waals surface area contributed by atoms with Crippen LogP contribution in [0.4, 0.5) is 0 Å². The van der Waals surface area contributed by atoms with Crippen molar-refractivity contribution in [1.29, 1.82) is 0 Å². The smallest absolute Gasteiger partial charge is 0.253 e. The van der Waals surface area contributed by atoms with Crippen LogP contribution in [0.15, 0.2) is 23.0 Å². The van der Waals surface area contributed by atoms with E-state index >= 15 is 0 Å². The maximum Gasteiger partial charge on any atom is 0.253 e. The third kappa shape index (κ3) is 3.26. The van der Waals surface area contributed by atoms with Gasteiger partial charge < -0.3 is 19.2 Å². The molecule has 1 N–H and O–H groups in total. The molecule has 10 nitrogen and oxygen atoms in total. The number of fused-ring (bicyclic) bond motifs is 2. The Labute approximate surface area is 178 Å². The fourth-order valence-corrected chi connectivity index (χ4v) is 4.94. The molecule has 3 aliphatic rings. The van der Waals surface area contributed by atoms with Gasteiger partial charge >= 0.3 is 0 Å². The zero-order chi connectivity index (χ0) is 20.8. The fourth-order valence-electron chi connectivity index (χ4n) is 4.94. The molecule has 0 spiro atoms. The lowest BCUT2D eigenvalue weighted by Crippen LogP contribution is -2.42. The zero-order valence-corrected chi connectivity index (χ0v) is 17.1. The third-order valence-corrected chi connectivity index (χ3v) is 6.50. The van der Waals surface area contributed by atoms with E-state index in [2.05, 4.69) is 25.4 Å². The minimum Gasteiger partial charge on any atom is -0.454 e. The molecular formula is C21H24N6O4. The summed E-state index contributed by atoms with van der Waals surface area (Å²) in [6.45, 7) is 2.84. The molecule has 1 atom stereocenters. The molecule has 31 heavy (non-hydrogen) atoms. The summed E-state index contributed by atoms with van der Waals surface area (Å²) in [5.74, 6) is 2.05. The lowest BCUT2D eigenvalue weighted by atomic mass is 10.0.